The lowest BCUT2D eigenvalue weighted by Gasteiger charge is -2.54. The van der Waals surface area contributed by atoms with E-state index in [-0.39, 0.29) is 5.54 Å². The van der Waals surface area contributed by atoms with Crippen molar-refractivity contribution in [1.29, 1.82) is 0 Å². The highest BCUT2D eigenvalue weighted by Gasteiger charge is 2.46. The van der Waals surface area contributed by atoms with Gasteiger partial charge in [0.05, 0.1) is 6.26 Å². The van der Waals surface area contributed by atoms with E-state index >= 15 is 0 Å². The van der Waals surface area contributed by atoms with Crippen LogP contribution in [0.1, 0.15) is 38.0 Å². The second-order valence-electron chi connectivity index (χ2n) is 6.20. The van der Waals surface area contributed by atoms with Gasteiger partial charge in [0.2, 0.25) is 0 Å². The maximum absolute atomic E-state index is 6.03. The van der Waals surface area contributed by atoms with Crippen LogP contribution in [0, 0.1) is 18.8 Å². The molecule has 2 N–H and O–H groups in total. The molecule has 1 heterocycles. The molecule has 1 aliphatic carbocycles. The van der Waals surface area contributed by atoms with Crippen LogP contribution in [0.2, 0.25) is 0 Å². The van der Waals surface area contributed by atoms with Gasteiger partial charge in [-0.05, 0) is 44.7 Å². The third-order valence-electron chi connectivity index (χ3n) is 4.79. The van der Waals surface area contributed by atoms with Crippen LogP contribution >= 0.6 is 0 Å². The minimum atomic E-state index is 0.207. The summed E-state index contributed by atoms with van der Waals surface area (Å²) in [5.74, 6) is 2.63. The quantitative estimate of drug-likeness (QED) is 0.873. The molecule has 18 heavy (non-hydrogen) atoms. The summed E-state index contributed by atoms with van der Waals surface area (Å²) in [4.78, 5) is 2.42. The molecule has 3 nitrogen and oxygen atoms in total. The highest BCUT2D eigenvalue weighted by molar-refractivity contribution is 5.16. The molecule has 1 saturated carbocycles. The van der Waals surface area contributed by atoms with Crippen molar-refractivity contribution in [2.24, 2.45) is 17.6 Å². The first kappa shape index (κ1) is 13.6. The lowest BCUT2D eigenvalue weighted by atomic mass is 9.63. The van der Waals surface area contributed by atoms with Crippen LogP contribution in [0.5, 0.6) is 0 Å². The highest BCUT2D eigenvalue weighted by Crippen LogP contribution is 2.45. The van der Waals surface area contributed by atoms with Crippen LogP contribution in [0.4, 0.5) is 0 Å². The van der Waals surface area contributed by atoms with Crippen molar-refractivity contribution in [1.82, 2.24) is 4.90 Å². The van der Waals surface area contributed by atoms with Gasteiger partial charge in [0.15, 0.2) is 0 Å². The summed E-state index contributed by atoms with van der Waals surface area (Å²) < 4.78 is 5.36. The summed E-state index contributed by atoms with van der Waals surface area (Å²) >= 11 is 0. The Labute approximate surface area is 110 Å². The molecule has 0 aromatic carbocycles. The highest BCUT2D eigenvalue weighted by atomic mass is 16.3. The van der Waals surface area contributed by atoms with Gasteiger partial charge >= 0.3 is 0 Å². The zero-order valence-corrected chi connectivity index (χ0v) is 12.1. The molecule has 102 valence electrons. The summed E-state index contributed by atoms with van der Waals surface area (Å²) in [7, 11) is 2.19. The molecule has 0 amide bonds. The average Bonchev–Trinajstić information content (AvgIpc) is 2.63. The second kappa shape index (κ2) is 5.06. The van der Waals surface area contributed by atoms with Crippen molar-refractivity contribution >= 4 is 0 Å². The Hall–Kier alpha value is -0.800. The summed E-state index contributed by atoms with van der Waals surface area (Å²) in [5, 5.41) is 0. The zero-order chi connectivity index (χ0) is 13.3. The number of aryl methyl sites for hydroxylation is 1. The lowest BCUT2D eigenvalue weighted by Crippen LogP contribution is -2.60. The predicted octanol–water partition coefficient (Wildman–Crippen LogP) is 2.78. The van der Waals surface area contributed by atoms with Gasteiger partial charge in [-0.3, -0.25) is 4.90 Å². The first-order valence-corrected chi connectivity index (χ1v) is 6.93. The Balaban J connectivity index is 2.00. The van der Waals surface area contributed by atoms with Gasteiger partial charge in [-0.1, -0.05) is 13.8 Å². The van der Waals surface area contributed by atoms with Gasteiger partial charge in [-0.2, -0.15) is 0 Å². The van der Waals surface area contributed by atoms with Gasteiger partial charge in [-0.25, -0.2) is 0 Å². The van der Waals surface area contributed by atoms with Crippen LogP contribution in [0.25, 0.3) is 0 Å². The van der Waals surface area contributed by atoms with Crippen molar-refractivity contribution in [2.45, 2.75) is 45.7 Å². The number of nitrogens with zero attached hydrogens (tertiary/aromatic N) is 1. The standard InChI is InChI=1S/C15H26N2O/c1-11(2)14-7-15(8-14,10-16)17(4)9-13-5-6-18-12(13)3/h5-6,11,14H,7-10,16H2,1-4H3. The molecule has 0 unspecified atom stereocenters. The molecule has 1 fully saturated rings. The molecule has 1 aliphatic rings. The van der Waals surface area contributed by atoms with E-state index in [4.69, 9.17) is 10.2 Å². The molecule has 2 rings (SSSR count). The van der Waals surface area contributed by atoms with Crippen LogP contribution in [-0.4, -0.2) is 24.0 Å². The van der Waals surface area contributed by atoms with E-state index in [1.54, 1.807) is 6.26 Å². The summed E-state index contributed by atoms with van der Waals surface area (Å²) in [5.41, 5.74) is 7.52. The van der Waals surface area contributed by atoms with Gasteiger partial charge in [-0.15, -0.1) is 0 Å². The largest absolute Gasteiger partial charge is 0.469 e. The Morgan fingerprint density at radius 3 is 2.61 bits per heavy atom. The molecule has 0 atom stereocenters. The molecule has 3 heteroatoms. The van der Waals surface area contributed by atoms with Gasteiger partial charge in [0, 0.05) is 24.2 Å². The molecule has 1 aromatic rings. The first-order chi connectivity index (χ1) is 8.48. The first-order valence-electron chi connectivity index (χ1n) is 6.93. The predicted molar refractivity (Wildman–Crippen MR) is 74.3 cm³/mol. The summed E-state index contributed by atoms with van der Waals surface area (Å²) in [6, 6.07) is 2.06. The number of nitrogens with two attached hydrogens (primary N) is 1. The lowest BCUT2D eigenvalue weighted by molar-refractivity contribution is -0.0245. The second-order valence-corrected chi connectivity index (χ2v) is 6.20. The minimum Gasteiger partial charge on any atom is -0.469 e. The van der Waals surface area contributed by atoms with Crippen molar-refractivity contribution in [3.63, 3.8) is 0 Å². The van der Waals surface area contributed by atoms with E-state index in [0.717, 1.165) is 30.7 Å². The SMILES string of the molecule is Cc1occc1CN(C)C1(CN)CC(C(C)C)C1. The summed E-state index contributed by atoms with van der Waals surface area (Å²) in [6.07, 6.45) is 4.23. The third-order valence-corrected chi connectivity index (χ3v) is 4.79. The third kappa shape index (κ3) is 2.34. The monoisotopic (exact) mass is 250 g/mol. The fraction of sp³-hybridized carbons (Fsp3) is 0.733. The number of likely N-dealkylation sites (N-methyl/N-ethyl adjacent to an activating group) is 1. The molecule has 0 saturated heterocycles. The molecule has 0 radical (unpaired) electrons. The molecule has 1 aromatic heterocycles. The normalized spacial score (nSPS) is 27.8. The van der Waals surface area contributed by atoms with E-state index < -0.39 is 0 Å². The van der Waals surface area contributed by atoms with Gasteiger partial charge in [0.1, 0.15) is 5.76 Å². The fourth-order valence-corrected chi connectivity index (χ4v) is 3.02. The molecule has 0 bridgehead atoms. The average molecular weight is 250 g/mol. The van der Waals surface area contributed by atoms with Crippen molar-refractivity contribution in [3.8, 4) is 0 Å². The van der Waals surface area contributed by atoms with Crippen LogP contribution < -0.4 is 5.73 Å². The smallest absolute Gasteiger partial charge is 0.105 e. The van der Waals surface area contributed by atoms with Crippen LogP contribution in [0.15, 0.2) is 16.7 Å². The molecular formula is C15H26N2O. The Bertz CT molecular complexity index is 391. The Morgan fingerprint density at radius 2 is 2.17 bits per heavy atom. The van der Waals surface area contributed by atoms with E-state index in [1.165, 1.54) is 18.4 Å². The maximum atomic E-state index is 6.03. The van der Waals surface area contributed by atoms with Gasteiger partial charge < -0.3 is 10.2 Å². The summed E-state index contributed by atoms with van der Waals surface area (Å²) in [6.45, 7) is 8.33. The van der Waals surface area contributed by atoms with Gasteiger partial charge in [0.25, 0.3) is 0 Å². The van der Waals surface area contributed by atoms with E-state index in [1.807, 2.05) is 6.92 Å². The van der Waals surface area contributed by atoms with E-state index in [9.17, 15) is 0 Å². The number of hydrogen-bond acceptors (Lipinski definition) is 3. The van der Waals surface area contributed by atoms with Crippen LogP contribution in [0.3, 0.4) is 0 Å². The number of rotatable bonds is 5. The molecule has 0 spiro atoms. The Morgan fingerprint density at radius 1 is 1.50 bits per heavy atom. The zero-order valence-electron chi connectivity index (χ0n) is 12.1. The fourth-order valence-electron chi connectivity index (χ4n) is 3.02. The molecular weight excluding hydrogens is 224 g/mol. The number of furan rings is 1. The van der Waals surface area contributed by atoms with Crippen molar-refractivity contribution in [2.75, 3.05) is 13.6 Å². The molecule has 0 aliphatic heterocycles. The van der Waals surface area contributed by atoms with E-state index in [2.05, 4.69) is 31.9 Å². The Kier molecular flexibility index (Phi) is 3.83. The van der Waals surface area contributed by atoms with Crippen LogP contribution in [-0.2, 0) is 6.54 Å². The maximum Gasteiger partial charge on any atom is 0.105 e. The van der Waals surface area contributed by atoms with Crippen molar-refractivity contribution < 1.29 is 4.42 Å². The van der Waals surface area contributed by atoms with Crippen molar-refractivity contribution in [3.05, 3.63) is 23.7 Å². The number of hydrogen-bond donors (Lipinski definition) is 1. The topological polar surface area (TPSA) is 42.4 Å². The van der Waals surface area contributed by atoms with E-state index in [0.29, 0.717) is 0 Å². The minimum absolute atomic E-state index is 0.207.